The summed E-state index contributed by atoms with van der Waals surface area (Å²) < 4.78 is 5.15. The van der Waals surface area contributed by atoms with E-state index in [1.165, 1.54) is 6.42 Å². The Morgan fingerprint density at radius 2 is 1.83 bits per heavy atom. The third-order valence-electron chi connectivity index (χ3n) is 4.17. The SMILES string of the molecule is CCOC(=O)C(CC)(CC(=O)O)C1CCCCC1. The van der Waals surface area contributed by atoms with E-state index in [1.54, 1.807) is 6.92 Å². The van der Waals surface area contributed by atoms with E-state index in [-0.39, 0.29) is 18.3 Å². The van der Waals surface area contributed by atoms with Crippen LogP contribution in [0.5, 0.6) is 0 Å². The number of carboxylic acids is 1. The summed E-state index contributed by atoms with van der Waals surface area (Å²) in [6, 6.07) is 0. The third kappa shape index (κ3) is 3.24. The van der Waals surface area contributed by atoms with Gasteiger partial charge in [0.25, 0.3) is 0 Å². The molecule has 18 heavy (non-hydrogen) atoms. The first-order chi connectivity index (χ1) is 8.56. The van der Waals surface area contributed by atoms with Gasteiger partial charge in [-0.1, -0.05) is 26.2 Å². The van der Waals surface area contributed by atoms with Crippen molar-refractivity contribution >= 4 is 11.9 Å². The van der Waals surface area contributed by atoms with E-state index in [4.69, 9.17) is 9.84 Å². The lowest BCUT2D eigenvalue weighted by molar-refractivity contribution is -0.166. The Morgan fingerprint density at radius 3 is 2.28 bits per heavy atom. The fraction of sp³-hybridized carbons (Fsp3) is 0.857. The molecule has 1 fully saturated rings. The van der Waals surface area contributed by atoms with Crippen LogP contribution in [0.1, 0.15) is 58.8 Å². The minimum Gasteiger partial charge on any atom is -0.481 e. The van der Waals surface area contributed by atoms with Crippen molar-refractivity contribution in [2.75, 3.05) is 6.61 Å². The van der Waals surface area contributed by atoms with Crippen LogP contribution < -0.4 is 0 Å². The molecular formula is C14H24O4. The van der Waals surface area contributed by atoms with Crippen LogP contribution in [-0.2, 0) is 14.3 Å². The number of hydrogen-bond acceptors (Lipinski definition) is 3. The lowest BCUT2D eigenvalue weighted by atomic mass is 9.65. The van der Waals surface area contributed by atoms with Crippen molar-refractivity contribution in [3.8, 4) is 0 Å². The summed E-state index contributed by atoms with van der Waals surface area (Å²) in [6.45, 7) is 3.97. The van der Waals surface area contributed by atoms with Gasteiger partial charge in [-0.2, -0.15) is 0 Å². The lowest BCUT2D eigenvalue weighted by Crippen LogP contribution is -2.42. The number of carbonyl (C=O) groups is 2. The summed E-state index contributed by atoms with van der Waals surface area (Å²) in [5.74, 6) is -1.07. The highest BCUT2D eigenvalue weighted by Crippen LogP contribution is 2.44. The van der Waals surface area contributed by atoms with E-state index in [0.717, 1.165) is 25.7 Å². The normalized spacial score (nSPS) is 20.1. The van der Waals surface area contributed by atoms with Crippen LogP contribution in [0.2, 0.25) is 0 Å². The van der Waals surface area contributed by atoms with Crippen LogP contribution in [0.15, 0.2) is 0 Å². The Hall–Kier alpha value is -1.06. The molecule has 0 spiro atoms. The molecule has 1 aliphatic carbocycles. The zero-order valence-electron chi connectivity index (χ0n) is 11.4. The van der Waals surface area contributed by atoms with Gasteiger partial charge in [-0.05, 0) is 32.1 Å². The number of rotatable bonds is 6. The molecule has 0 aromatic heterocycles. The van der Waals surface area contributed by atoms with E-state index < -0.39 is 11.4 Å². The van der Waals surface area contributed by atoms with Crippen molar-refractivity contribution in [3.63, 3.8) is 0 Å². The molecule has 1 aliphatic rings. The summed E-state index contributed by atoms with van der Waals surface area (Å²) in [5.41, 5.74) is -0.817. The molecule has 104 valence electrons. The van der Waals surface area contributed by atoms with Gasteiger partial charge in [-0.3, -0.25) is 9.59 Å². The topological polar surface area (TPSA) is 63.6 Å². The zero-order valence-corrected chi connectivity index (χ0v) is 11.4. The quantitative estimate of drug-likeness (QED) is 0.742. The van der Waals surface area contributed by atoms with Gasteiger partial charge in [-0.25, -0.2) is 0 Å². The zero-order chi connectivity index (χ0) is 13.6. The lowest BCUT2D eigenvalue weighted by Gasteiger charge is -2.39. The summed E-state index contributed by atoms with van der Waals surface area (Å²) >= 11 is 0. The molecule has 1 N–H and O–H groups in total. The number of carbonyl (C=O) groups excluding carboxylic acids is 1. The Balaban J connectivity index is 2.95. The van der Waals surface area contributed by atoms with Crippen LogP contribution in [0, 0.1) is 11.3 Å². The first kappa shape index (κ1) is 15.0. The van der Waals surface area contributed by atoms with Crippen molar-refractivity contribution in [1.82, 2.24) is 0 Å². The van der Waals surface area contributed by atoms with Gasteiger partial charge < -0.3 is 9.84 Å². The predicted octanol–water partition coefficient (Wildman–Crippen LogP) is 3.00. The van der Waals surface area contributed by atoms with Gasteiger partial charge in [0, 0.05) is 0 Å². The summed E-state index contributed by atoms with van der Waals surface area (Å²) in [6.07, 6.45) is 5.69. The average molecular weight is 256 g/mol. The maximum absolute atomic E-state index is 12.2. The highest BCUT2D eigenvalue weighted by Gasteiger charge is 2.47. The molecule has 0 bridgehead atoms. The van der Waals surface area contributed by atoms with Crippen molar-refractivity contribution in [1.29, 1.82) is 0 Å². The van der Waals surface area contributed by atoms with Crippen LogP contribution in [0.4, 0.5) is 0 Å². The highest BCUT2D eigenvalue weighted by molar-refractivity contribution is 5.83. The second kappa shape index (κ2) is 6.76. The van der Waals surface area contributed by atoms with Gasteiger partial charge in [0.15, 0.2) is 0 Å². The van der Waals surface area contributed by atoms with E-state index in [9.17, 15) is 9.59 Å². The van der Waals surface area contributed by atoms with E-state index >= 15 is 0 Å². The largest absolute Gasteiger partial charge is 0.481 e. The van der Waals surface area contributed by atoms with Crippen molar-refractivity contribution in [3.05, 3.63) is 0 Å². The average Bonchev–Trinajstić information content (AvgIpc) is 2.37. The standard InChI is InChI=1S/C14H24O4/c1-3-14(10-12(15)16,13(17)18-4-2)11-8-6-5-7-9-11/h11H,3-10H2,1-2H3,(H,15,16). The smallest absolute Gasteiger partial charge is 0.312 e. The second-order valence-electron chi connectivity index (χ2n) is 5.14. The summed E-state index contributed by atoms with van der Waals surface area (Å²) in [7, 11) is 0. The molecule has 1 saturated carbocycles. The van der Waals surface area contributed by atoms with Crippen molar-refractivity contribution in [2.45, 2.75) is 58.8 Å². The van der Waals surface area contributed by atoms with Crippen LogP contribution in [0.25, 0.3) is 0 Å². The fourth-order valence-electron chi connectivity index (χ4n) is 3.14. The molecule has 4 heteroatoms. The number of carboxylic acid groups (broad SMARTS) is 1. The first-order valence-electron chi connectivity index (χ1n) is 6.95. The number of aliphatic carboxylic acids is 1. The molecule has 4 nitrogen and oxygen atoms in total. The summed E-state index contributed by atoms with van der Waals surface area (Å²) in [4.78, 5) is 23.4. The molecular weight excluding hydrogens is 232 g/mol. The van der Waals surface area contributed by atoms with Gasteiger partial charge in [0.1, 0.15) is 0 Å². The Morgan fingerprint density at radius 1 is 1.22 bits per heavy atom. The fourth-order valence-corrected chi connectivity index (χ4v) is 3.14. The minimum atomic E-state index is -0.907. The van der Waals surface area contributed by atoms with E-state index in [1.807, 2.05) is 6.92 Å². The van der Waals surface area contributed by atoms with Gasteiger partial charge in [-0.15, -0.1) is 0 Å². The molecule has 1 rings (SSSR count). The number of ether oxygens (including phenoxy) is 1. The molecule has 0 radical (unpaired) electrons. The molecule has 0 aromatic rings. The van der Waals surface area contributed by atoms with Gasteiger partial charge in [0.05, 0.1) is 18.4 Å². The third-order valence-corrected chi connectivity index (χ3v) is 4.17. The van der Waals surface area contributed by atoms with E-state index in [2.05, 4.69) is 0 Å². The molecule has 0 heterocycles. The molecule has 0 aromatic carbocycles. The highest BCUT2D eigenvalue weighted by atomic mass is 16.5. The van der Waals surface area contributed by atoms with Crippen LogP contribution >= 0.6 is 0 Å². The minimum absolute atomic E-state index is 0.104. The predicted molar refractivity (Wildman–Crippen MR) is 68.2 cm³/mol. The van der Waals surface area contributed by atoms with Crippen LogP contribution in [-0.4, -0.2) is 23.7 Å². The van der Waals surface area contributed by atoms with Crippen molar-refractivity contribution in [2.24, 2.45) is 11.3 Å². The maximum atomic E-state index is 12.2. The molecule has 1 atom stereocenters. The molecule has 1 unspecified atom stereocenters. The van der Waals surface area contributed by atoms with Crippen molar-refractivity contribution < 1.29 is 19.4 Å². The maximum Gasteiger partial charge on any atom is 0.312 e. The first-order valence-corrected chi connectivity index (χ1v) is 6.95. The molecule has 0 saturated heterocycles. The van der Waals surface area contributed by atoms with Crippen LogP contribution in [0.3, 0.4) is 0 Å². The summed E-state index contributed by atoms with van der Waals surface area (Å²) in [5, 5.41) is 9.12. The van der Waals surface area contributed by atoms with E-state index in [0.29, 0.717) is 13.0 Å². The van der Waals surface area contributed by atoms with Gasteiger partial charge in [0.2, 0.25) is 0 Å². The Bertz CT molecular complexity index is 294. The number of hydrogen-bond donors (Lipinski definition) is 1. The second-order valence-corrected chi connectivity index (χ2v) is 5.14. The monoisotopic (exact) mass is 256 g/mol. The number of esters is 1. The Kier molecular flexibility index (Phi) is 5.63. The Labute approximate surface area is 109 Å². The molecule has 0 amide bonds. The molecule has 0 aliphatic heterocycles. The van der Waals surface area contributed by atoms with Gasteiger partial charge >= 0.3 is 11.9 Å².